The van der Waals surface area contributed by atoms with Gasteiger partial charge in [-0.3, -0.25) is 0 Å². The Balaban J connectivity index is 1.03. The Hall–Kier alpha value is -7.69. The van der Waals surface area contributed by atoms with Gasteiger partial charge in [-0.2, -0.15) is 0 Å². The molecule has 290 valence electrons. The summed E-state index contributed by atoms with van der Waals surface area (Å²) >= 11 is 0. The molecule has 0 saturated carbocycles. The first-order valence-corrected chi connectivity index (χ1v) is 21.2. The normalized spacial score (nSPS) is 15.2. The minimum atomic E-state index is -0.376. The van der Waals surface area contributed by atoms with Crippen LogP contribution in [0.4, 0.5) is 22.7 Å². The van der Waals surface area contributed by atoms with Crippen LogP contribution in [0, 0.1) is 0 Å². The summed E-state index contributed by atoms with van der Waals surface area (Å²) < 4.78 is 2.40. The van der Waals surface area contributed by atoms with Gasteiger partial charge in [0, 0.05) is 38.7 Å². The topological polar surface area (TPSA) is 32.6 Å². The monoisotopic (exact) mass is 782 g/mol. The summed E-state index contributed by atoms with van der Waals surface area (Å²) in [7, 11) is 0. The van der Waals surface area contributed by atoms with E-state index in [0.29, 0.717) is 0 Å². The fourth-order valence-electron chi connectivity index (χ4n) is 9.98. The van der Waals surface area contributed by atoms with E-state index < -0.39 is 0 Å². The molecule has 3 heterocycles. The maximum atomic E-state index is 5.58. The Bertz CT molecular complexity index is 3360. The zero-order valence-electron chi connectivity index (χ0n) is 34.0. The lowest BCUT2D eigenvalue weighted by molar-refractivity contribution is 0.624. The van der Waals surface area contributed by atoms with Crippen molar-refractivity contribution in [2.24, 2.45) is 4.99 Å². The predicted molar refractivity (Wildman–Crippen MR) is 256 cm³/mol. The second kappa shape index (κ2) is 13.7. The van der Waals surface area contributed by atoms with Crippen LogP contribution in [0.25, 0.3) is 54.8 Å². The van der Waals surface area contributed by atoms with Crippen LogP contribution in [0.5, 0.6) is 0 Å². The lowest BCUT2D eigenvalue weighted by Gasteiger charge is -2.42. The van der Waals surface area contributed by atoms with Gasteiger partial charge >= 0.3 is 0 Å². The third-order valence-corrected chi connectivity index (χ3v) is 13.0. The zero-order chi connectivity index (χ0) is 40.7. The summed E-state index contributed by atoms with van der Waals surface area (Å²) in [5, 5.41) is 8.76. The van der Waals surface area contributed by atoms with Crippen LogP contribution < -0.4 is 10.2 Å². The molecule has 9 aromatic carbocycles. The van der Waals surface area contributed by atoms with Crippen molar-refractivity contribution in [1.82, 2.24) is 4.57 Å². The molecule has 0 fully saturated rings. The molecular weight excluding hydrogens is 741 g/mol. The van der Waals surface area contributed by atoms with Crippen molar-refractivity contribution in [1.29, 1.82) is 0 Å². The van der Waals surface area contributed by atoms with Gasteiger partial charge in [0.2, 0.25) is 6.29 Å². The van der Waals surface area contributed by atoms with E-state index >= 15 is 0 Å². The molecule has 2 aliphatic heterocycles. The highest BCUT2D eigenvalue weighted by atomic mass is 15.3. The van der Waals surface area contributed by atoms with Crippen LogP contribution in [0.3, 0.4) is 0 Å². The Morgan fingerprint density at radius 1 is 0.475 bits per heavy atom. The number of rotatable bonds is 5. The second-order valence-corrected chi connectivity index (χ2v) is 16.8. The smallest absolute Gasteiger partial charge is 0.201 e. The van der Waals surface area contributed by atoms with Crippen LogP contribution in [-0.2, 0) is 5.41 Å². The molecule has 0 bridgehead atoms. The van der Waals surface area contributed by atoms with Crippen molar-refractivity contribution in [2.45, 2.75) is 25.6 Å². The molecule has 4 heteroatoms. The van der Waals surface area contributed by atoms with Gasteiger partial charge in [-0.15, -0.1) is 0 Å². The van der Waals surface area contributed by atoms with Crippen LogP contribution >= 0.6 is 0 Å². The number of para-hydroxylation sites is 3. The van der Waals surface area contributed by atoms with Gasteiger partial charge in [0.25, 0.3) is 0 Å². The van der Waals surface area contributed by atoms with Gasteiger partial charge in [-0.1, -0.05) is 166 Å². The van der Waals surface area contributed by atoms with Crippen LogP contribution in [-0.4, -0.2) is 10.3 Å². The van der Waals surface area contributed by atoms with E-state index in [4.69, 9.17) is 4.99 Å². The largest absolute Gasteiger partial charge is 0.346 e. The summed E-state index contributed by atoms with van der Waals surface area (Å²) in [5.74, 6) is 0. The number of hydrogen-bond acceptors (Lipinski definition) is 3. The van der Waals surface area contributed by atoms with Crippen molar-refractivity contribution < 1.29 is 0 Å². The Morgan fingerprint density at radius 3 is 1.95 bits per heavy atom. The zero-order valence-corrected chi connectivity index (χ0v) is 34.0. The molecular formula is C57H42N4. The average Bonchev–Trinajstić information content (AvgIpc) is 3.66. The third kappa shape index (κ3) is 5.56. The highest BCUT2D eigenvalue weighted by molar-refractivity contribution is 6.22. The number of nitrogens with zero attached hydrogens (tertiary/aromatic N) is 3. The molecule has 1 unspecified atom stereocenters. The first-order chi connectivity index (χ1) is 30.0. The van der Waals surface area contributed by atoms with Gasteiger partial charge < -0.3 is 14.8 Å². The van der Waals surface area contributed by atoms with Crippen molar-refractivity contribution in [3.63, 3.8) is 0 Å². The quantitative estimate of drug-likeness (QED) is 0.189. The average molecular weight is 783 g/mol. The summed E-state index contributed by atoms with van der Waals surface area (Å²) in [5.41, 5.74) is 17.3. The van der Waals surface area contributed by atoms with Crippen molar-refractivity contribution >= 4 is 61.0 Å². The highest BCUT2D eigenvalue weighted by Gasteiger charge is 2.37. The molecule has 1 aromatic heterocycles. The Kier molecular flexibility index (Phi) is 7.91. The van der Waals surface area contributed by atoms with Crippen LogP contribution in [0.1, 0.15) is 42.4 Å². The Morgan fingerprint density at radius 2 is 1.10 bits per heavy atom. The van der Waals surface area contributed by atoms with Crippen molar-refractivity contribution in [2.75, 3.05) is 10.2 Å². The second-order valence-electron chi connectivity index (χ2n) is 16.8. The molecule has 12 rings (SSSR count). The molecule has 1 N–H and O–H groups in total. The summed E-state index contributed by atoms with van der Waals surface area (Å²) in [4.78, 5) is 8.00. The van der Waals surface area contributed by atoms with E-state index in [9.17, 15) is 0 Å². The molecule has 0 amide bonds. The lowest BCUT2D eigenvalue weighted by Crippen LogP contribution is -2.30. The van der Waals surface area contributed by atoms with E-state index in [1.165, 1.54) is 66.3 Å². The van der Waals surface area contributed by atoms with Gasteiger partial charge in [0.05, 0.1) is 28.1 Å². The number of fused-ring (bicyclic) bond motifs is 8. The van der Waals surface area contributed by atoms with Crippen LogP contribution in [0.15, 0.2) is 211 Å². The molecule has 61 heavy (non-hydrogen) atoms. The fourth-order valence-corrected chi connectivity index (χ4v) is 9.98. The molecule has 1 atom stereocenters. The van der Waals surface area contributed by atoms with Crippen molar-refractivity contribution in [3.8, 4) is 22.3 Å². The minimum absolute atomic E-state index is 0.204. The summed E-state index contributed by atoms with van der Waals surface area (Å²) in [6.45, 7) is 4.73. The highest BCUT2D eigenvalue weighted by Crippen LogP contribution is 2.53. The molecule has 4 nitrogen and oxygen atoms in total. The molecule has 0 saturated heterocycles. The number of aromatic nitrogens is 1. The standard InChI is InChI=1S/C57H42N4/c1-57(2)47-22-12-14-24-51(47)60(43-18-7-4-8-19-43)52-33-31-42(36-48(52)57)41-30-32-50-46(35-41)54-44-20-10-9-17-39(44)29-34-53(54)61(50)56-58-49-23-13-11-21-45(49)55(59-56)40-27-25-38(26-28-40)37-15-5-3-6-16-37/h3-36,56,58H,1-2H3. The van der Waals surface area contributed by atoms with Gasteiger partial charge in [-0.25, -0.2) is 4.99 Å². The maximum absolute atomic E-state index is 5.58. The van der Waals surface area contributed by atoms with Crippen LogP contribution in [0.2, 0.25) is 0 Å². The Labute approximate surface area is 355 Å². The number of anilines is 4. The minimum Gasteiger partial charge on any atom is -0.346 e. The van der Waals surface area contributed by atoms with E-state index in [1.54, 1.807) is 0 Å². The van der Waals surface area contributed by atoms with E-state index in [1.807, 2.05) is 0 Å². The fraction of sp³-hybridized carbons (Fsp3) is 0.0702. The van der Waals surface area contributed by atoms with E-state index in [2.05, 4.69) is 235 Å². The summed E-state index contributed by atoms with van der Waals surface area (Å²) in [6.07, 6.45) is -0.376. The number of aliphatic imine (C=N–C) groups is 1. The predicted octanol–water partition coefficient (Wildman–Crippen LogP) is 14.8. The molecule has 10 aromatic rings. The first-order valence-electron chi connectivity index (χ1n) is 21.2. The third-order valence-electron chi connectivity index (χ3n) is 13.0. The SMILES string of the molecule is CC1(C)c2ccccc2N(c2ccccc2)c2ccc(-c3ccc4c(c3)c3c5ccccc5ccc3n4C3N=C(c4ccc(-c5ccccc5)cc4)c4ccccc4N3)cc21. The van der Waals surface area contributed by atoms with Gasteiger partial charge in [0.1, 0.15) is 0 Å². The molecule has 0 spiro atoms. The number of nitrogens with one attached hydrogen (secondary N) is 1. The lowest BCUT2D eigenvalue weighted by atomic mass is 9.73. The molecule has 0 aliphatic carbocycles. The maximum Gasteiger partial charge on any atom is 0.201 e. The van der Waals surface area contributed by atoms with E-state index in [-0.39, 0.29) is 11.7 Å². The molecule has 0 radical (unpaired) electrons. The van der Waals surface area contributed by atoms with Crippen molar-refractivity contribution in [3.05, 3.63) is 229 Å². The number of hydrogen-bond donors (Lipinski definition) is 1. The van der Waals surface area contributed by atoms with Gasteiger partial charge in [-0.05, 0) is 98.8 Å². The summed E-state index contributed by atoms with van der Waals surface area (Å²) in [6, 6.07) is 74.9. The molecule has 2 aliphatic rings. The number of benzene rings is 9. The first kappa shape index (κ1) is 35.3. The van der Waals surface area contributed by atoms with Gasteiger partial charge in [0.15, 0.2) is 0 Å². The van der Waals surface area contributed by atoms with E-state index in [0.717, 1.165) is 39.2 Å².